The van der Waals surface area contributed by atoms with E-state index in [0.29, 0.717) is 0 Å². The van der Waals surface area contributed by atoms with Crippen molar-refractivity contribution < 1.29 is 5.11 Å². The predicted molar refractivity (Wildman–Crippen MR) is 72.4 cm³/mol. The summed E-state index contributed by atoms with van der Waals surface area (Å²) in [5, 5.41) is 9.93. The zero-order chi connectivity index (χ0) is 11.8. The average molecular weight is 283 g/mol. The maximum absolute atomic E-state index is 9.93. The van der Waals surface area contributed by atoms with E-state index in [0.717, 1.165) is 29.3 Å². The third kappa shape index (κ3) is 4.95. The maximum atomic E-state index is 9.93. The smallest absolute Gasteiger partial charge is 0.0790 e. The molecule has 0 radical (unpaired) electrons. The van der Waals surface area contributed by atoms with E-state index in [9.17, 15) is 5.11 Å². The lowest BCUT2D eigenvalue weighted by atomic mass is 10.0. The van der Waals surface area contributed by atoms with Crippen LogP contribution in [0.2, 0.25) is 0 Å². The van der Waals surface area contributed by atoms with Gasteiger partial charge in [-0.3, -0.25) is 0 Å². The quantitative estimate of drug-likeness (QED) is 0.572. The van der Waals surface area contributed by atoms with E-state index < -0.39 is 0 Å². The summed E-state index contributed by atoms with van der Waals surface area (Å²) in [4.78, 5) is 0. The summed E-state index contributed by atoms with van der Waals surface area (Å²) >= 11 is 3.38. The van der Waals surface area contributed by atoms with Gasteiger partial charge in [0.2, 0.25) is 0 Å². The molecule has 1 unspecified atom stereocenters. The van der Waals surface area contributed by atoms with Crippen molar-refractivity contribution >= 4 is 15.9 Å². The van der Waals surface area contributed by atoms with Gasteiger partial charge in [0.1, 0.15) is 0 Å². The first-order chi connectivity index (χ1) is 7.74. The fourth-order valence-electron chi connectivity index (χ4n) is 1.65. The molecule has 1 rings (SSSR count). The van der Waals surface area contributed by atoms with Crippen molar-refractivity contribution in [3.05, 3.63) is 47.0 Å². The predicted octanol–water partition coefficient (Wildman–Crippen LogP) is 4.62. The third-order valence-electron chi connectivity index (χ3n) is 2.64. The Hall–Kier alpha value is -0.600. The molecule has 16 heavy (non-hydrogen) atoms. The van der Waals surface area contributed by atoms with E-state index in [1.54, 1.807) is 0 Å². The summed E-state index contributed by atoms with van der Waals surface area (Å²) in [6, 6.07) is 7.88. The molecule has 0 heterocycles. The van der Waals surface area contributed by atoms with Gasteiger partial charge in [0.05, 0.1) is 6.10 Å². The summed E-state index contributed by atoms with van der Waals surface area (Å²) in [6.45, 7) is 3.70. The van der Waals surface area contributed by atoms with Crippen LogP contribution in [0.3, 0.4) is 0 Å². The minimum Gasteiger partial charge on any atom is -0.388 e. The monoisotopic (exact) mass is 282 g/mol. The van der Waals surface area contributed by atoms with Gasteiger partial charge in [-0.05, 0) is 37.0 Å². The lowest BCUT2D eigenvalue weighted by molar-refractivity contribution is 0.163. The maximum Gasteiger partial charge on any atom is 0.0790 e. The number of halogens is 1. The molecule has 1 nitrogen and oxygen atoms in total. The van der Waals surface area contributed by atoms with Crippen LogP contribution >= 0.6 is 15.9 Å². The fraction of sp³-hybridized carbons (Fsp3) is 0.429. The number of unbranched alkanes of at least 4 members (excludes halogenated alkanes) is 3. The molecule has 1 aromatic carbocycles. The Kier molecular flexibility index (Phi) is 6.43. The third-order valence-corrected chi connectivity index (χ3v) is 3.17. The second-order valence-electron chi connectivity index (χ2n) is 3.99. The standard InChI is InChI=1S/C14H19BrO/c1-2-3-4-5-6-7-14(16)12-8-10-13(15)11-9-12/h2,8-11,14,16H,1,3-7H2. The van der Waals surface area contributed by atoms with E-state index in [1.807, 2.05) is 30.3 Å². The summed E-state index contributed by atoms with van der Waals surface area (Å²) in [5.74, 6) is 0. The van der Waals surface area contributed by atoms with Gasteiger partial charge in [0.15, 0.2) is 0 Å². The van der Waals surface area contributed by atoms with Crippen LogP contribution < -0.4 is 0 Å². The SMILES string of the molecule is C=CCCCCCC(O)c1ccc(Br)cc1. The zero-order valence-corrected chi connectivity index (χ0v) is 11.1. The highest BCUT2D eigenvalue weighted by Crippen LogP contribution is 2.21. The van der Waals surface area contributed by atoms with Gasteiger partial charge in [-0.2, -0.15) is 0 Å². The van der Waals surface area contributed by atoms with Crippen LogP contribution in [-0.2, 0) is 0 Å². The number of allylic oxidation sites excluding steroid dienone is 1. The molecule has 88 valence electrons. The van der Waals surface area contributed by atoms with E-state index >= 15 is 0 Å². The van der Waals surface area contributed by atoms with Crippen molar-refractivity contribution in [2.24, 2.45) is 0 Å². The average Bonchev–Trinajstić information content (AvgIpc) is 2.29. The Balaban J connectivity index is 2.26. The highest BCUT2D eigenvalue weighted by molar-refractivity contribution is 9.10. The van der Waals surface area contributed by atoms with Gasteiger partial charge in [-0.25, -0.2) is 0 Å². The highest BCUT2D eigenvalue weighted by atomic mass is 79.9. The Morgan fingerprint density at radius 2 is 1.88 bits per heavy atom. The Bertz CT molecular complexity index is 305. The first-order valence-corrected chi connectivity index (χ1v) is 6.57. The summed E-state index contributed by atoms with van der Waals surface area (Å²) in [7, 11) is 0. The number of aliphatic hydroxyl groups excluding tert-OH is 1. The van der Waals surface area contributed by atoms with Crippen LogP contribution in [0.4, 0.5) is 0 Å². The zero-order valence-electron chi connectivity index (χ0n) is 9.53. The molecule has 0 bridgehead atoms. The second-order valence-corrected chi connectivity index (χ2v) is 4.91. The van der Waals surface area contributed by atoms with Gasteiger partial charge >= 0.3 is 0 Å². The van der Waals surface area contributed by atoms with Crippen molar-refractivity contribution in [1.29, 1.82) is 0 Å². The largest absolute Gasteiger partial charge is 0.388 e. The molecule has 0 saturated heterocycles. The fourth-order valence-corrected chi connectivity index (χ4v) is 1.92. The Morgan fingerprint density at radius 3 is 2.50 bits per heavy atom. The van der Waals surface area contributed by atoms with Crippen molar-refractivity contribution in [3.63, 3.8) is 0 Å². The number of hydrogen-bond acceptors (Lipinski definition) is 1. The van der Waals surface area contributed by atoms with Crippen LogP contribution in [0.25, 0.3) is 0 Å². The molecular formula is C14H19BrO. The van der Waals surface area contributed by atoms with Gasteiger partial charge in [-0.15, -0.1) is 6.58 Å². The van der Waals surface area contributed by atoms with Gasteiger partial charge in [0, 0.05) is 4.47 Å². The molecule has 0 aliphatic rings. The van der Waals surface area contributed by atoms with Gasteiger partial charge in [-0.1, -0.05) is 47.0 Å². The van der Waals surface area contributed by atoms with Crippen LogP contribution in [0.1, 0.15) is 43.8 Å². The number of rotatable bonds is 7. The first kappa shape index (κ1) is 13.5. The summed E-state index contributed by atoms with van der Waals surface area (Å²) in [6.07, 6.45) is 6.97. The first-order valence-electron chi connectivity index (χ1n) is 5.78. The lowest BCUT2D eigenvalue weighted by Gasteiger charge is -2.10. The van der Waals surface area contributed by atoms with Crippen LogP contribution in [0, 0.1) is 0 Å². The van der Waals surface area contributed by atoms with Crippen molar-refractivity contribution in [1.82, 2.24) is 0 Å². The molecule has 0 aliphatic heterocycles. The number of aliphatic hydroxyl groups is 1. The topological polar surface area (TPSA) is 20.2 Å². The summed E-state index contributed by atoms with van der Waals surface area (Å²) in [5.41, 5.74) is 1.01. The molecule has 0 aromatic heterocycles. The molecule has 0 aliphatic carbocycles. The molecular weight excluding hydrogens is 264 g/mol. The lowest BCUT2D eigenvalue weighted by Crippen LogP contribution is -1.96. The number of hydrogen-bond donors (Lipinski definition) is 1. The van der Waals surface area contributed by atoms with E-state index in [1.165, 1.54) is 12.8 Å². The molecule has 0 amide bonds. The van der Waals surface area contributed by atoms with Crippen molar-refractivity contribution in [3.8, 4) is 0 Å². The summed E-state index contributed by atoms with van der Waals surface area (Å²) < 4.78 is 1.05. The molecule has 1 N–H and O–H groups in total. The number of benzene rings is 1. The van der Waals surface area contributed by atoms with E-state index in [4.69, 9.17) is 0 Å². The van der Waals surface area contributed by atoms with Gasteiger partial charge in [0.25, 0.3) is 0 Å². The van der Waals surface area contributed by atoms with E-state index in [2.05, 4.69) is 22.5 Å². The minimum atomic E-state index is -0.322. The molecule has 0 spiro atoms. The molecule has 0 saturated carbocycles. The Labute approximate surface area is 106 Å². The minimum absolute atomic E-state index is 0.322. The second kappa shape index (κ2) is 7.64. The van der Waals surface area contributed by atoms with Crippen molar-refractivity contribution in [2.45, 2.75) is 38.2 Å². The molecule has 1 atom stereocenters. The van der Waals surface area contributed by atoms with Gasteiger partial charge < -0.3 is 5.11 Å². The normalized spacial score (nSPS) is 12.4. The van der Waals surface area contributed by atoms with Crippen LogP contribution in [-0.4, -0.2) is 5.11 Å². The van der Waals surface area contributed by atoms with Crippen molar-refractivity contribution in [2.75, 3.05) is 0 Å². The van der Waals surface area contributed by atoms with E-state index in [-0.39, 0.29) is 6.10 Å². The molecule has 2 heteroatoms. The molecule has 1 aromatic rings. The van der Waals surface area contributed by atoms with Crippen LogP contribution in [0.15, 0.2) is 41.4 Å². The highest BCUT2D eigenvalue weighted by Gasteiger charge is 2.06. The van der Waals surface area contributed by atoms with Crippen LogP contribution in [0.5, 0.6) is 0 Å². The Morgan fingerprint density at radius 1 is 1.19 bits per heavy atom. The molecule has 0 fully saturated rings.